The SMILES string of the molecule is CC(C)c1cc2ccsc2nn1. The predicted molar refractivity (Wildman–Crippen MR) is 51.5 cm³/mol. The zero-order valence-corrected chi connectivity index (χ0v) is 7.93. The standard InChI is InChI=1S/C9H10N2S/c1-6(2)8-5-7-3-4-12-9(7)11-10-8/h3-6H,1-2H3. The molecule has 0 bridgehead atoms. The number of fused-ring (bicyclic) bond motifs is 1. The molecule has 0 aliphatic heterocycles. The van der Waals surface area contributed by atoms with Crippen molar-refractivity contribution in [3.8, 4) is 0 Å². The molecule has 0 N–H and O–H groups in total. The maximum Gasteiger partial charge on any atom is 0.146 e. The molecular formula is C9H10N2S. The van der Waals surface area contributed by atoms with E-state index in [9.17, 15) is 0 Å². The highest BCUT2D eigenvalue weighted by atomic mass is 32.1. The van der Waals surface area contributed by atoms with Crippen LogP contribution in [0.5, 0.6) is 0 Å². The Labute approximate surface area is 75.3 Å². The maximum absolute atomic E-state index is 4.14. The number of nitrogens with zero attached hydrogens (tertiary/aromatic N) is 2. The molecule has 2 nitrogen and oxygen atoms in total. The summed E-state index contributed by atoms with van der Waals surface area (Å²) in [6.45, 7) is 4.25. The summed E-state index contributed by atoms with van der Waals surface area (Å²) in [7, 11) is 0. The molecule has 0 radical (unpaired) electrons. The molecule has 0 fully saturated rings. The van der Waals surface area contributed by atoms with Gasteiger partial charge in [0.05, 0.1) is 5.69 Å². The minimum absolute atomic E-state index is 0.460. The Morgan fingerprint density at radius 1 is 1.33 bits per heavy atom. The van der Waals surface area contributed by atoms with Crippen LogP contribution in [0.25, 0.3) is 10.2 Å². The molecule has 0 saturated heterocycles. The second-order valence-electron chi connectivity index (χ2n) is 3.10. The fourth-order valence-electron chi connectivity index (χ4n) is 1.08. The molecule has 0 unspecified atom stereocenters. The highest BCUT2D eigenvalue weighted by molar-refractivity contribution is 7.16. The van der Waals surface area contributed by atoms with E-state index < -0.39 is 0 Å². The van der Waals surface area contributed by atoms with Crippen molar-refractivity contribution in [2.75, 3.05) is 0 Å². The van der Waals surface area contributed by atoms with Crippen LogP contribution < -0.4 is 0 Å². The summed E-state index contributed by atoms with van der Waals surface area (Å²) in [5, 5.41) is 11.5. The first kappa shape index (κ1) is 7.68. The largest absolute Gasteiger partial charge is 0.154 e. The maximum atomic E-state index is 4.14. The van der Waals surface area contributed by atoms with Crippen LogP contribution in [-0.2, 0) is 0 Å². The van der Waals surface area contributed by atoms with Crippen LogP contribution >= 0.6 is 11.3 Å². The van der Waals surface area contributed by atoms with Gasteiger partial charge in [-0.3, -0.25) is 0 Å². The van der Waals surface area contributed by atoms with Gasteiger partial charge in [-0.05, 0) is 23.4 Å². The number of hydrogen-bond donors (Lipinski definition) is 0. The third-order valence-electron chi connectivity index (χ3n) is 1.83. The summed E-state index contributed by atoms with van der Waals surface area (Å²) >= 11 is 1.63. The monoisotopic (exact) mass is 178 g/mol. The molecule has 0 atom stereocenters. The Morgan fingerprint density at radius 2 is 2.17 bits per heavy atom. The van der Waals surface area contributed by atoms with Gasteiger partial charge < -0.3 is 0 Å². The van der Waals surface area contributed by atoms with Crippen molar-refractivity contribution in [2.45, 2.75) is 19.8 Å². The average molecular weight is 178 g/mol. The quantitative estimate of drug-likeness (QED) is 0.671. The van der Waals surface area contributed by atoms with E-state index in [1.54, 1.807) is 11.3 Å². The first-order valence-electron chi connectivity index (χ1n) is 3.98. The van der Waals surface area contributed by atoms with E-state index in [-0.39, 0.29) is 0 Å². The Kier molecular flexibility index (Phi) is 1.81. The molecule has 62 valence electrons. The summed E-state index contributed by atoms with van der Waals surface area (Å²) in [6, 6.07) is 4.20. The number of rotatable bonds is 1. The molecule has 2 rings (SSSR count). The summed E-state index contributed by atoms with van der Waals surface area (Å²) < 4.78 is 0. The lowest BCUT2D eigenvalue weighted by Crippen LogP contribution is -1.93. The van der Waals surface area contributed by atoms with Crippen molar-refractivity contribution in [3.63, 3.8) is 0 Å². The molecule has 2 aromatic heterocycles. The average Bonchev–Trinajstić information content (AvgIpc) is 2.49. The van der Waals surface area contributed by atoms with Crippen LogP contribution in [0.2, 0.25) is 0 Å². The van der Waals surface area contributed by atoms with Crippen LogP contribution in [0.15, 0.2) is 17.5 Å². The molecule has 0 aliphatic carbocycles. The molecule has 2 heterocycles. The smallest absolute Gasteiger partial charge is 0.146 e. The predicted octanol–water partition coefficient (Wildman–Crippen LogP) is 2.81. The van der Waals surface area contributed by atoms with Gasteiger partial charge in [0.1, 0.15) is 4.83 Å². The minimum Gasteiger partial charge on any atom is -0.154 e. The number of hydrogen-bond acceptors (Lipinski definition) is 3. The van der Waals surface area contributed by atoms with Crippen molar-refractivity contribution in [3.05, 3.63) is 23.2 Å². The second-order valence-corrected chi connectivity index (χ2v) is 4.00. The van der Waals surface area contributed by atoms with E-state index in [0.717, 1.165) is 10.5 Å². The van der Waals surface area contributed by atoms with Crippen LogP contribution in [0, 0.1) is 0 Å². The molecule has 0 spiro atoms. The Bertz CT molecular complexity index is 392. The fourth-order valence-corrected chi connectivity index (χ4v) is 1.77. The Balaban J connectivity index is 2.60. The van der Waals surface area contributed by atoms with Gasteiger partial charge in [-0.1, -0.05) is 13.8 Å². The van der Waals surface area contributed by atoms with Gasteiger partial charge in [-0.25, -0.2) is 0 Å². The lowest BCUT2D eigenvalue weighted by Gasteiger charge is -2.01. The lowest BCUT2D eigenvalue weighted by atomic mass is 10.1. The first-order valence-corrected chi connectivity index (χ1v) is 4.86. The van der Waals surface area contributed by atoms with Crippen LogP contribution in [0.1, 0.15) is 25.5 Å². The highest BCUT2D eigenvalue weighted by Crippen LogP contribution is 2.20. The summed E-state index contributed by atoms with van der Waals surface area (Å²) in [4.78, 5) is 1.03. The zero-order chi connectivity index (χ0) is 8.55. The molecule has 0 amide bonds. The Hall–Kier alpha value is -0.960. The van der Waals surface area contributed by atoms with Crippen molar-refractivity contribution in [1.29, 1.82) is 0 Å². The van der Waals surface area contributed by atoms with Gasteiger partial charge in [0, 0.05) is 5.39 Å². The van der Waals surface area contributed by atoms with Gasteiger partial charge >= 0.3 is 0 Å². The lowest BCUT2D eigenvalue weighted by molar-refractivity contribution is 0.796. The van der Waals surface area contributed by atoms with Crippen molar-refractivity contribution in [1.82, 2.24) is 10.2 Å². The summed E-state index contributed by atoms with van der Waals surface area (Å²) in [5.74, 6) is 0.460. The molecule has 0 aromatic carbocycles. The van der Waals surface area contributed by atoms with E-state index in [0.29, 0.717) is 5.92 Å². The van der Waals surface area contributed by atoms with Gasteiger partial charge in [0.15, 0.2) is 0 Å². The van der Waals surface area contributed by atoms with E-state index in [1.807, 2.05) is 5.38 Å². The van der Waals surface area contributed by atoms with Crippen molar-refractivity contribution < 1.29 is 0 Å². The van der Waals surface area contributed by atoms with Crippen LogP contribution in [0.3, 0.4) is 0 Å². The first-order chi connectivity index (χ1) is 5.77. The van der Waals surface area contributed by atoms with Gasteiger partial charge in [-0.2, -0.15) is 5.10 Å². The Morgan fingerprint density at radius 3 is 2.92 bits per heavy atom. The summed E-state index contributed by atoms with van der Waals surface area (Å²) in [6.07, 6.45) is 0. The van der Waals surface area contributed by atoms with Crippen LogP contribution in [0.4, 0.5) is 0 Å². The van der Waals surface area contributed by atoms with Crippen LogP contribution in [-0.4, -0.2) is 10.2 Å². The van der Waals surface area contributed by atoms with E-state index in [1.165, 1.54) is 5.39 Å². The molecule has 12 heavy (non-hydrogen) atoms. The van der Waals surface area contributed by atoms with E-state index >= 15 is 0 Å². The number of thiophene rings is 1. The van der Waals surface area contributed by atoms with E-state index in [2.05, 4.69) is 36.2 Å². The van der Waals surface area contributed by atoms with E-state index in [4.69, 9.17) is 0 Å². The van der Waals surface area contributed by atoms with Gasteiger partial charge in [0.2, 0.25) is 0 Å². The molecule has 3 heteroatoms. The molecular weight excluding hydrogens is 168 g/mol. The minimum atomic E-state index is 0.460. The third-order valence-corrected chi connectivity index (χ3v) is 2.64. The second kappa shape index (κ2) is 2.83. The van der Waals surface area contributed by atoms with Gasteiger partial charge in [0.25, 0.3) is 0 Å². The zero-order valence-electron chi connectivity index (χ0n) is 7.11. The molecule has 2 aromatic rings. The fraction of sp³-hybridized carbons (Fsp3) is 0.333. The van der Waals surface area contributed by atoms with Gasteiger partial charge in [-0.15, -0.1) is 16.4 Å². The highest BCUT2D eigenvalue weighted by Gasteiger charge is 2.03. The molecule has 0 aliphatic rings. The topological polar surface area (TPSA) is 25.8 Å². The van der Waals surface area contributed by atoms with Crippen molar-refractivity contribution in [2.24, 2.45) is 0 Å². The normalized spacial score (nSPS) is 11.2. The summed E-state index contributed by atoms with van der Waals surface area (Å²) in [5.41, 5.74) is 1.07. The van der Waals surface area contributed by atoms with Crippen molar-refractivity contribution >= 4 is 21.6 Å². The third kappa shape index (κ3) is 1.20. The number of aromatic nitrogens is 2. The molecule has 0 saturated carbocycles.